The summed E-state index contributed by atoms with van der Waals surface area (Å²) in [5.74, 6) is 3.94. The van der Waals surface area contributed by atoms with Gasteiger partial charge < -0.3 is 5.32 Å². The Morgan fingerprint density at radius 2 is 2.05 bits per heavy atom. The molecule has 0 bridgehead atoms. The Labute approximate surface area is 128 Å². The molecule has 0 atom stereocenters. The van der Waals surface area contributed by atoms with E-state index in [9.17, 15) is 4.79 Å². The normalized spacial score (nSPS) is 17.2. The molecule has 1 aliphatic rings. The number of hydrogen-bond donors (Lipinski definition) is 1. The van der Waals surface area contributed by atoms with Gasteiger partial charge in [0.25, 0.3) is 0 Å². The molecule has 0 aliphatic carbocycles. The highest BCUT2D eigenvalue weighted by atomic mass is 28.3. The van der Waals surface area contributed by atoms with E-state index in [-0.39, 0.29) is 11.6 Å². The summed E-state index contributed by atoms with van der Waals surface area (Å²) in [6, 6.07) is 1.84. The molecule has 0 saturated carbocycles. The monoisotopic (exact) mass is 301 g/mol. The van der Waals surface area contributed by atoms with E-state index in [1.807, 2.05) is 26.8 Å². The topological polar surface area (TPSA) is 45.2 Å². The Morgan fingerprint density at radius 3 is 2.57 bits per heavy atom. The van der Waals surface area contributed by atoms with E-state index in [4.69, 9.17) is 0 Å². The van der Waals surface area contributed by atoms with Crippen molar-refractivity contribution in [2.24, 2.45) is 0 Å². The van der Waals surface area contributed by atoms with E-state index >= 15 is 0 Å². The standard InChI is InChI=1S/C16H23N3OSi/c1-12-7-9-17-14(13(12)8-10-21(4,5)6)19-11-16(2,3)18-15(19)20/h7,9H,11H2,1-6H3,(H,18,20). The van der Waals surface area contributed by atoms with Crippen molar-refractivity contribution in [3.8, 4) is 11.5 Å². The Kier molecular flexibility index (Phi) is 3.85. The van der Waals surface area contributed by atoms with Gasteiger partial charge in [0, 0.05) is 6.20 Å². The lowest BCUT2D eigenvalue weighted by Gasteiger charge is -2.19. The molecule has 1 saturated heterocycles. The molecule has 2 amide bonds. The zero-order chi connectivity index (χ0) is 15.8. The molecule has 0 unspecified atom stereocenters. The average molecular weight is 301 g/mol. The Balaban J connectivity index is 2.48. The number of nitrogens with zero attached hydrogens (tertiary/aromatic N) is 2. The number of aromatic nitrogens is 1. The first kappa shape index (κ1) is 15.6. The third kappa shape index (κ3) is 3.64. The van der Waals surface area contributed by atoms with E-state index < -0.39 is 8.07 Å². The highest BCUT2D eigenvalue weighted by Crippen LogP contribution is 2.25. The molecule has 4 nitrogen and oxygen atoms in total. The smallest absolute Gasteiger partial charge is 0.323 e. The molecule has 2 heterocycles. The number of pyridine rings is 1. The number of carbonyl (C=O) groups excluding carboxylic acids is 1. The number of nitrogens with one attached hydrogen (secondary N) is 1. The lowest BCUT2D eigenvalue weighted by Crippen LogP contribution is -2.36. The average Bonchev–Trinajstić information content (AvgIpc) is 2.59. The quantitative estimate of drug-likeness (QED) is 0.640. The summed E-state index contributed by atoms with van der Waals surface area (Å²) in [6.45, 7) is 13.2. The van der Waals surface area contributed by atoms with Crippen molar-refractivity contribution in [2.75, 3.05) is 11.4 Å². The van der Waals surface area contributed by atoms with Gasteiger partial charge in [0.05, 0.1) is 17.6 Å². The molecule has 0 spiro atoms. The van der Waals surface area contributed by atoms with Gasteiger partial charge in [-0.15, -0.1) is 5.54 Å². The van der Waals surface area contributed by atoms with Crippen LogP contribution >= 0.6 is 0 Å². The minimum Gasteiger partial charge on any atom is -0.331 e. The maximum atomic E-state index is 12.2. The summed E-state index contributed by atoms with van der Waals surface area (Å²) in [4.78, 5) is 18.3. The molecule has 21 heavy (non-hydrogen) atoms. The van der Waals surface area contributed by atoms with Gasteiger partial charge >= 0.3 is 6.03 Å². The van der Waals surface area contributed by atoms with Gasteiger partial charge in [-0.05, 0) is 32.4 Å². The van der Waals surface area contributed by atoms with Crippen LogP contribution in [0.25, 0.3) is 0 Å². The number of carbonyl (C=O) groups is 1. The summed E-state index contributed by atoms with van der Waals surface area (Å²) in [5.41, 5.74) is 5.05. The first-order valence-electron chi connectivity index (χ1n) is 7.17. The number of amides is 2. The van der Waals surface area contributed by atoms with Crippen LogP contribution in [0, 0.1) is 18.4 Å². The minimum atomic E-state index is -1.48. The van der Waals surface area contributed by atoms with Crippen LogP contribution in [-0.4, -0.2) is 31.2 Å². The van der Waals surface area contributed by atoms with E-state index in [1.54, 1.807) is 11.1 Å². The van der Waals surface area contributed by atoms with Crippen molar-refractivity contribution in [3.63, 3.8) is 0 Å². The van der Waals surface area contributed by atoms with E-state index in [0.717, 1.165) is 11.1 Å². The molecular formula is C16H23N3OSi. The van der Waals surface area contributed by atoms with Crippen LogP contribution in [0.1, 0.15) is 25.0 Å². The molecule has 0 radical (unpaired) electrons. The summed E-state index contributed by atoms with van der Waals surface area (Å²) in [6.07, 6.45) is 1.74. The molecule has 2 rings (SSSR count). The van der Waals surface area contributed by atoms with Gasteiger partial charge in [0.15, 0.2) is 5.82 Å². The lowest BCUT2D eigenvalue weighted by atomic mass is 10.1. The van der Waals surface area contributed by atoms with Crippen molar-refractivity contribution >= 4 is 19.9 Å². The number of hydrogen-bond acceptors (Lipinski definition) is 2. The number of rotatable bonds is 1. The van der Waals surface area contributed by atoms with E-state index in [1.165, 1.54) is 0 Å². The van der Waals surface area contributed by atoms with Gasteiger partial charge in [0.1, 0.15) is 8.07 Å². The number of aryl methyl sites for hydroxylation is 1. The fourth-order valence-electron chi connectivity index (χ4n) is 2.19. The number of anilines is 1. The molecule has 1 aliphatic heterocycles. The van der Waals surface area contributed by atoms with Crippen LogP contribution in [0.5, 0.6) is 0 Å². The Hall–Kier alpha value is -1.80. The second-order valence-corrected chi connectivity index (χ2v) is 12.0. The Bertz CT molecular complexity index is 635. The zero-order valence-electron chi connectivity index (χ0n) is 13.7. The fourth-order valence-corrected chi connectivity index (χ4v) is 2.69. The SMILES string of the molecule is Cc1ccnc(N2CC(C)(C)NC2=O)c1C#C[Si](C)(C)C. The van der Waals surface area contributed by atoms with Crippen LogP contribution in [0.3, 0.4) is 0 Å². The molecule has 5 heteroatoms. The third-order valence-corrected chi connectivity index (χ3v) is 4.08. The van der Waals surface area contributed by atoms with Crippen LogP contribution < -0.4 is 10.2 Å². The van der Waals surface area contributed by atoms with Crippen LogP contribution in [0.15, 0.2) is 12.3 Å². The van der Waals surface area contributed by atoms with Crippen LogP contribution in [-0.2, 0) is 0 Å². The second-order valence-electron chi connectivity index (χ2n) is 7.23. The lowest BCUT2D eigenvalue weighted by molar-refractivity contribution is 0.248. The van der Waals surface area contributed by atoms with Crippen molar-refractivity contribution in [3.05, 3.63) is 23.4 Å². The van der Waals surface area contributed by atoms with Gasteiger partial charge in [-0.1, -0.05) is 25.6 Å². The summed E-state index contributed by atoms with van der Waals surface area (Å²) < 4.78 is 0. The van der Waals surface area contributed by atoms with Crippen molar-refractivity contribution in [1.29, 1.82) is 0 Å². The molecule has 112 valence electrons. The summed E-state index contributed by atoms with van der Waals surface area (Å²) in [7, 11) is -1.48. The fraction of sp³-hybridized carbons (Fsp3) is 0.500. The molecule has 1 aromatic rings. The molecule has 1 N–H and O–H groups in total. The van der Waals surface area contributed by atoms with E-state index in [2.05, 4.69) is 41.4 Å². The maximum Gasteiger partial charge on any atom is 0.323 e. The summed E-state index contributed by atoms with van der Waals surface area (Å²) in [5, 5.41) is 2.97. The van der Waals surface area contributed by atoms with Gasteiger partial charge in [-0.2, -0.15) is 0 Å². The van der Waals surface area contributed by atoms with Crippen LogP contribution in [0.4, 0.5) is 10.6 Å². The third-order valence-electron chi connectivity index (χ3n) is 3.20. The van der Waals surface area contributed by atoms with Gasteiger partial charge in [-0.25, -0.2) is 9.78 Å². The van der Waals surface area contributed by atoms with Crippen molar-refractivity contribution < 1.29 is 4.79 Å². The first-order valence-corrected chi connectivity index (χ1v) is 10.7. The minimum absolute atomic E-state index is 0.103. The molecule has 1 fully saturated rings. The maximum absolute atomic E-state index is 12.2. The zero-order valence-corrected chi connectivity index (χ0v) is 14.7. The predicted molar refractivity (Wildman–Crippen MR) is 89.2 cm³/mol. The van der Waals surface area contributed by atoms with E-state index in [0.29, 0.717) is 12.4 Å². The summed E-state index contributed by atoms with van der Waals surface area (Å²) >= 11 is 0. The van der Waals surface area contributed by atoms with Gasteiger partial charge in [-0.3, -0.25) is 4.90 Å². The molecule has 0 aromatic carbocycles. The van der Waals surface area contributed by atoms with Crippen molar-refractivity contribution in [2.45, 2.75) is 46.0 Å². The highest BCUT2D eigenvalue weighted by molar-refractivity contribution is 6.83. The second kappa shape index (κ2) is 5.19. The molecular weight excluding hydrogens is 278 g/mol. The highest BCUT2D eigenvalue weighted by Gasteiger charge is 2.37. The first-order chi connectivity index (χ1) is 9.59. The Morgan fingerprint density at radius 1 is 1.38 bits per heavy atom. The molecule has 1 aromatic heterocycles. The van der Waals surface area contributed by atoms with Crippen molar-refractivity contribution in [1.82, 2.24) is 10.3 Å². The number of urea groups is 1. The van der Waals surface area contributed by atoms with Gasteiger partial charge in [0.2, 0.25) is 0 Å². The van der Waals surface area contributed by atoms with Crippen LogP contribution in [0.2, 0.25) is 19.6 Å². The predicted octanol–water partition coefficient (Wildman–Crippen LogP) is 2.93. The largest absolute Gasteiger partial charge is 0.331 e.